The van der Waals surface area contributed by atoms with E-state index in [0.717, 1.165) is 11.1 Å². The minimum Gasteiger partial charge on any atom is -0.348 e. The zero-order valence-corrected chi connectivity index (χ0v) is 12.6. The molecule has 0 atom stereocenters. The van der Waals surface area contributed by atoms with Crippen molar-refractivity contribution in [2.24, 2.45) is 0 Å². The molecule has 112 valence electrons. The summed E-state index contributed by atoms with van der Waals surface area (Å²) in [6, 6.07) is 12.9. The number of benzene rings is 2. The lowest BCUT2D eigenvalue weighted by atomic mass is 10.1. The molecule has 1 aliphatic heterocycles. The third-order valence-corrected chi connectivity index (χ3v) is 4.03. The van der Waals surface area contributed by atoms with Crippen molar-refractivity contribution in [2.45, 2.75) is 19.4 Å². The Morgan fingerprint density at radius 3 is 2.86 bits per heavy atom. The van der Waals surface area contributed by atoms with E-state index in [2.05, 4.69) is 10.6 Å². The summed E-state index contributed by atoms with van der Waals surface area (Å²) in [5.74, 6) is -0.194. The van der Waals surface area contributed by atoms with Gasteiger partial charge >= 0.3 is 0 Å². The van der Waals surface area contributed by atoms with Gasteiger partial charge in [0.1, 0.15) is 0 Å². The second-order valence-electron chi connectivity index (χ2n) is 5.19. The van der Waals surface area contributed by atoms with Crippen molar-refractivity contribution in [1.82, 2.24) is 5.32 Å². The maximum Gasteiger partial charge on any atom is 0.251 e. The molecule has 2 aromatic carbocycles. The van der Waals surface area contributed by atoms with Crippen LogP contribution in [0, 0.1) is 0 Å². The van der Waals surface area contributed by atoms with Crippen LogP contribution in [0.3, 0.4) is 0 Å². The zero-order valence-electron chi connectivity index (χ0n) is 11.9. The molecular formula is C17H15ClN2O2. The van der Waals surface area contributed by atoms with Crippen molar-refractivity contribution >= 4 is 29.1 Å². The fourth-order valence-electron chi connectivity index (χ4n) is 2.46. The zero-order chi connectivity index (χ0) is 15.5. The molecule has 1 heterocycles. The van der Waals surface area contributed by atoms with Crippen molar-refractivity contribution in [3.05, 3.63) is 64.2 Å². The SMILES string of the molecule is O=C(CCc1ccccc1Cl)Nc1ccc2c(c1)C(=O)NC2. The van der Waals surface area contributed by atoms with Crippen LogP contribution in [0.2, 0.25) is 5.02 Å². The summed E-state index contributed by atoms with van der Waals surface area (Å²) in [6.45, 7) is 0.550. The summed E-state index contributed by atoms with van der Waals surface area (Å²) in [4.78, 5) is 23.6. The van der Waals surface area contributed by atoms with E-state index in [9.17, 15) is 9.59 Å². The van der Waals surface area contributed by atoms with E-state index >= 15 is 0 Å². The van der Waals surface area contributed by atoms with Crippen LogP contribution in [0.5, 0.6) is 0 Å². The predicted molar refractivity (Wildman–Crippen MR) is 86.0 cm³/mol. The third kappa shape index (κ3) is 3.12. The molecule has 0 radical (unpaired) electrons. The molecule has 0 spiro atoms. The lowest BCUT2D eigenvalue weighted by molar-refractivity contribution is -0.116. The number of carbonyl (C=O) groups is 2. The number of hydrogen-bond donors (Lipinski definition) is 2. The normalized spacial score (nSPS) is 12.7. The first-order valence-electron chi connectivity index (χ1n) is 7.08. The molecule has 5 heteroatoms. The molecule has 0 saturated carbocycles. The smallest absolute Gasteiger partial charge is 0.251 e. The van der Waals surface area contributed by atoms with E-state index < -0.39 is 0 Å². The standard InChI is InChI=1S/C17H15ClN2O2/c18-15-4-2-1-3-11(15)6-8-16(21)20-13-7-5-12-10-19-17(22)14(12)9-13/h1-5,7,9H,6,8,10H2,(H,19,22)(H,20,21). The first kappa shape index (κ1) is 14.6. The van der Waals surface area contributed by atoms with Gasteiger partial charge in [-0.2, -0.15) is 0 Å². The van der Waals surface area contributed by atoms with Gasteiger partial charge in [0.05, 0.1) is 0 Å². The van der Waals surface area contributed by atoms with Crippen LogP contribution in [-0.4, -0.2) is 11.8 Å². The largest absolute Gasteiger partial charge is 0.348 e. The highest BCUT2D eigenvalue weighted by atomic mass is 35.5. The quantitative estimate of drug-likeness (QED) is 0.910. The molecule has 0 fully saturated rings. The van der Waals surface area contributed by atoms with Gasteiger partial charge in [-0.1, -0.05) is 35.9 Å². The highest BCUT2D eigenvalue weighted by Gasteiger charge is 2.19. The molecule has 0 aromatic heterocycles. The summed E-state index contributed by atoms with van der Waals surface area (Å²) < 4.78 is 0. The average molecular weight is 315 g/mol. The Kier molecular flexibility index (Phi) is 4.11. The summed E-state index contributed by atoms with van der Waals surface area (Å²) >= 11 is 6.07. The van der Waals surface area contributed by atoms with Crippen LogP contribution in [0.25, 0.3) is 0 Å². The summed E-state index contributed by atoms with van der Waals surface area (Å²) in [6.07, 6.45) is 0.921. The summed E-state index contributed by atoms with van der Waals surface area (Å²) in [5, 5.41) is 6.24. The van der Waals surface area contributed by atoms with Gasteiger partial charge in [-0.3, -0.25) is 9.59 Å². The van der Waals surface area contributed by atoms with Gasteiger partial charge in [0.25, 0.3) is 5.91 Å². The highest BCUT2D eigenvalue weighted by Crippen LogP contribution is 2.21. The molecule has 0 bridgehead atoms. The first-order chi connectivity index (χ1) is 10.6. The van der Waals surface area contributed by atoms with Crippen LogP contribution in [-0.2, 0) is 17.8 Å². The fourth-order valence-corrected chi connectivity index (χ4v) is 2.69. The lowest BCUT2D eigenvalue weighted by Gasteiger charge is -2.07. The predicted octanol–water partition coefficient (Wildman–Crippen LogP) is 3.15. The second-order valence-corrected chi connectivity index (χ2v) is 5.60. The van der Waals surface area contributed by atoms with Crippen molar-refractivity contribution < 1.29 is 9.59 Å². The first-order valence-corrected chi connectivity index (χ1v) is 7.45. The van der Waals surface area contributed by atoms with Crippen LogP contribution < -0.4 is 10.6 Å². The van der Waals surface area contributed by atoms with E-state index in [4.69, 9.17) is 11.6 Å². The molecule has 2 amide bonds. The van der Waals surface area contributed by atoms with E-state index in [-0.39, 0.29) is 11.8 Å². The third-order valence-electron chi connectivity index (χ3n) is 3.66. The molecule has 22 heavy (non-hydrogen) atoms. The number of fused-ring (bicyclic) bond motifs is 1. The number of nitrogens with one attached hydrogen (secondary N) is 2. The van der Waals surface area contributed by atoms with Gasteiger partial charge in [-0.25, -0.2) is 0 Å². The van der Waals surface area contributed by atoms with Gasteiger partial charge in [-0.15, -0.1) is 0 Å². The van der Waals surface area contributed by atoms with Crippen LogP contribution in [0.15, 0.2) is 42.5 Å². The van der Waals surface area contributed by atoms with Crippen molar-refractivity contribution in [2.75, 3.05) is 5.32 Å². The van der Waals surface area contributed by atoms with Gasteiger partial charge in [0.2, 0.25) is 5.91 Å². The monoisotopic (exact) mass is 314 g/mol. The second kappa shape index (κ2) is 6.20. The number of halogens is 1. The van der Waals surface area contributed by atoms with E-state index in [1.54, 1.807) is 6.07 Å². The summed E-state index contributed by atoms with van der Waals surface area (Å²) in [7, 11) is 0. The number of carbonyl (C=O) groups excluding carboxylic acids is 2. The molecule has 0 saturated heterocycles. The number of rotatable bonds is 4. The fraction of sp³-hybridized carbons (Fsp3) is 0.176. The van der Waals surface area contributed by atoms with Crippen molar-refractivity contribution in [3.63, 3.8) is 0 Å². The lowest BCUT2D eigenvalue weighted by Crippen LogP contribution is -2.14. The van der Waals surface area contributed by atoms with Gasteiger partial charge in [0.15, 0.2) is 0 Å². The minimum atomic E-state index is -0.0988. The molecule has 1 aliphatic rings. The Bertz CT molecular complexity index is 743. The molecule has 3 rings (SSSR count). The van der Waals surface area contributed by atoms with Crippen LogP contribution in [0.1, 0.15) is 27.9 Å². The van der Waals surface area contributed by atoms with E-state index in [0.29, 0.717) is 35.7 Å². The average Bonchev–Trinajstić information content (AvgIpc) is 2.88. The highest BCUT2D eigenvalue weighted by molar-refractivity contribution is 6.31. The Morgan fingerprint density at radius 2 is 2.05 bits per heavy atom. The Morgan fingerprint density at radius 1 is 1.23 bits per heavy atom. The molecular weight excluding hydrogens is 300 g/mol. The van der Waals surface area contributed by atoms with E-state index in [1.807, 2.05) is 36.4 Å². The minimum absolute atomic E-state index is 0.0952. The number of anilines is 1. The number of hydrogen-bond acceptors (Lipinski definition) is 2. The molecule has 0 unspecified atom stereocenters. The maximum absolute atomic E-state index is 12.0. The molecule has 2 aromatic rings. The molecule has 4 nitrogen and oxygen atoms in total. The van der Waals surface area contributed by atoms with Gasteiger partial charge in [0, 0.05) is 29.2 Å². The molecule has 2 N–H and O–H groups in total. The Labute approximate surface area is 133 Å². The van der Waals surface area contributed by atoms with E-state index in [1.165, 1.54) is 0 Å². The van der Waals surface area contributed by atoms with Gasteiger partial charge < -0.3 is 10.6 Å². The molecule has 0 aliphatic carbocycles. The number of amides is 2. The van der Waals surface area contributed by atoms with Gasteiger partial charge in [-0.05, 0) is 35.7 Å². The Balaban J connectivity index is 1.62. The van der Waals surface area contributed by atoms with Crippen LogP contribution in [0.4, 0.5) is 5.69 Å². The maximum atomic E-state index is 12.0. The number of aryl methyl sites for hydroxylation is 1. The topological polar surface area (TPSA) is 58.2 Å². The van der Waals surface area contributed by atoms with Crippen LogP contribution >= 0.6 is 11.6 Å². The van der Waals surface area contributed by atoms with Crippen molar-refractivity contribution in [1.29, 1.82) is 0 Å². The Hall–Kier alpha value is -2.33. The summed E-state index contributed by atoms with van der Waals surface area (Å²) in [5.41, 5.74) is 3.18. The van der Waals surface area contributed by atoms with Crippen molar-refractivity contribution in [3.8, 4) is 0 Å².